The maximum atomic E-state index is 12.2. The minimum Gasteiger partial charge on any atom is -0.436 e. The number of aromatic nitrogens is 2. The van der Waals surface area contributed by atoms with Crippen molar-refractivity contribution < 1.29 is 9.21 Å². The van der Waals surface area contributed by atoms with Crippen LogP contribution in [0.25, 0.3) is 22.6 Å². The van der Waals surface area contributed by atoms with Gasteiger partial charge in [0.1, 0.15) is 5.52 Å². The molecular formula is C19H13N3O2. The van der Waals surface area contributed by atoms with E-state index in [1.165, 1.54) is 0 Å². The maximum Gasteiger partial charge on any atom is 0.255 e. The number of hydrogen-bond donors (Lipinski definition) is 1. The summed E-state index contributed by atoms with van der Waals surface area (Å²) in [5.41, 5.74) is 3.50. The first-order valence-corrected chi connectivity index (χ1v) is 7.47. The molecule has 4 rings (SSSR count). The average Bonchev–Trinajstić information content (AvgIpc) is 3.06. The number of benzene rings is 2. The Morgan fingerprint density at radius 1 is 0.958 bits per heavy atom. The highest BCUT2D eigenvalue weighted by atomic mass is 16.3. The number of oxazole rings is 1. The Balaban J connectivity index is 1.63. The number of hydrogen-bond acceptors (Lipinski definition) is 4. The summed E-state index contributed by atoms with van der Waals surface area (Å²) in [4.78, 5) is 20.6. The van der Waals surface area contributed by atoms with Gasteiger partial charge in [-0.15, -0.1) is 0 Å². The van der Waals surface area contributed by atoms with E-state index in [1.807, 2.05) is 30.3 Å². The number of pyridine rings is 1. The van der Waals surface area contributed by atoms with Crippen molar-refractivity contribution in [3.05, 3.63) is 78.6 Å². The van der Waals surface area contributed by atoms with E-state index in [-0.39, 0.29) is 5.91 Å². The standard InChI is InChI=1S/C19H13N3O2/c23-18(13-8-10-20-11-9-13)21-15-6-7-17-16(12-15)22-19(24-17)14-4-2-1-3-5-14/h1-12H,(H,21,23). The van der Waals surface area contributed by atoms with Crippen molar-refractivity contribution in [3.8, 4) is 11.5 Å². The SMILES string of the molecule is O=C(Nc1ccc2oc(-c3ccccc3)nc2c1)c1ccncc1. The first-order chi connectivity index (χ1) is 11.8. The third-order valence-electron chi connectivity index (χ3n) is 3.61. The summed E-state index contributed by atoms with van der Waals surface area (Å²) in [5.74, 6) is 0.367. The van der Waals surface area contributed by atoms with Crippen LogP contribution in [0, 0.1) is 0 Å². The molecule has 0 bridgehead atoms. The Morgan fingerprint density at radius 2 is 1.75 bits per heavy atom. The Bertz CT molecular complexity index is 995. The predicted octanol–water partition coefficient (Wildman–Crippen LogP) is 4.14. The minimum absolute atomic E-state index is 0.191. The molecule has 1 N–H and O–H groups in total. The molecule has 2 heterocycles. The largest absolute Gasteiger partial charge is 0.436 e. The van der Waals surface area contributed by atoms with Gasteiger partial charge in [-0.1, -0.05) is 18.2 Å². The average molecular weight is 315 g/mol. The molecule has 5 nitrogen and oxygen atoms in total. The van der Waals surface area contributed by atoms with Gasteiger partial charge < -0.3 is 9.73 Å². The third kappa shape index (κ3) is 2.75. The second kappa shape index (κ2) is 5.96. The second-order valence-electron chi connectivity index (χ2n) is 5.26. The molecule has 0 atom stereocenters. The second-order valence-corrected chi connectivity index (χ2v) is 5.26. The first-order valence-electron chi connectivity index (χ1n) is 7.47. The minimum atomic E-state index is -0.191. The van der Waals surface area contributed by atoms with Gasteiger partial charge in [0.2, 0.25) is 5.89 Å². The number of anilines is 1. The van der Waals surface area contributed by atoms with Crippen LogP contribution in [-0.2, 0) is 0 Å². The lowest BCUT2D eigenvalue weighted by Gasteiger charge is -2.04. The van der Waals surface area contributed by atoms with E-state index >= 15 is 0 Å². The van der Waals surface area contributed by atoms with Crippen LogP contribution in [0.15, 0.2) is 77.5 Å². The third-order valence-corrected chi connectivity index (χ3v) is 3.61. The zero-order chi connectivity index (χ0) is 16.4. The molecule has 0 aliphatic carbocycles. The fourth-order valence-electron chi connectivity index (χ4n) is 2.42. The van der Waals surface area contributed by atoms with Crippen LogP contribution in [0.1, 0.15) is 10.4 Å². The maximum absolute atomic E-state index is 12.2. The molecule has 116 valence electrons. The van der Waals surface area contributed by atoms with Crippen molar-refractivity contribution in [3.63, 3.8) is 0 Å². The van der Waals surface area contributed by atoms with Crippen molar-refractivity contribution in [1.29, 1.82) is 0 Å². The predicted molar refractivity (Wildman–Crippen MR) is 91.6 cm³/mol. The fourth-order valence-corrected chi connectivity index (χ4v) is 2.42. The summed E-state index contributed by atoms with van der Waals surface area (Å²) >= 11 is 0. The summed E-state index contributed by atoms with van der Waals surface area (Å²) in [5, 5.41) is 2.85. The Morgan fingerprint density at radius 3 is 2.54 bits per heavy atom. The van der Waals surface area contributed by atoms with Crippen LogP contribution in [-0.4, -0.2) is 15.9 Å². The van der Waals surface area contributed by atoms with E-state index in [4.69, 9.17) is 4.42 Å². The van der Waals surface area contributed by atoms with Crippen molar-refractivity contribution in [2.45, 2.75) is 0 Å². The van der Waals surface area contributed by atoms with Crippen molar-refractivity contribution >= 4 is 22.7 Å². The van der Waals surface area contributed by atoms with Crippen LogP contribution >= 0.6 is 0 Å². The van der Waals surface area contributed by atoms with Gasteiger partial charge in [-0.3, -0.25) is 9.78 Å². The van der Waals surface area contributed by atoms with E-state index in [0.717, 1.165) is 5.56 Å². The van der Waals surface area contributed by atoms with E-state index in [9.17, 15) is 4.79 Å². The highest BCUT2D eigenvalue weighted by Gasteiger charge is 2.10. The van der Waals surface area contributed by atoms with Gasteiger partial charge in [-0.25, -0.2) is 4.98 Å². The normalized spacial score (nSPS) is 10.7. The zero-order valence-electron chi connectivity index (χ0n) is 12.6. The van der Waals surface area contributed by atoms with Gasteiger partial charge in [0.15, 0.2) is 5.58 Å². The number of nitrogens with zero attached hydrogens (tertiary/aromatic N) is 2. The summed E-state index contributed by atoms with van der Waals surface area (Å²) in [7, 11) is 0. The number of amides is 1. The lowest BCUT2D eigenvalue weighted by atomic mass is 10.2. The van der Waals surface area contributed by atoms with Crippen LogP contribution in [0.2, 0.25) is 0 Å². The lowest BCUT2D eigenvalue weighted by Crippen LogP contribution is -2.11. The molecule has 2 aromatic carbocycles. The van der Waals surface area contributed by atoms with Gasteiger partial charge in [-0.2, -0.15) is 0 Å². The van der Waals surface area contributed by atoms with Crippen molar-refractivity contribution in [2.24, 2.45) is 0 Å². The Labute approximate surface area is 138 Å². The van der Waals surface area contributed by atoms with Gasteiger partial charge in [0, 0.05) is 29.2 Å². The van der Waals surface area contributed by atoms with Crippen LogP contribution in [0.3, 0.4) is 0 Å². The summed E-state index contributed by atoms with van der Waals surface area (Å²) in [6.07, 6.45) is 3.17. The zero-order valence-corrected chi connectivity index (χ0v) is 12.6. The van der Waals surface area contributed by atoms with Crippen LogP contribution in [0.4, 0.5) is 5.69 Å². The van der Waals surface area contributed by atoms with E-state index in [0.29, 0.717) is 28.2 Å². The van der Waals surface area contributed by atoms with Crippen molar-refractivity contribution in [1.82, 2.24) is 9.97 Å². The van der Waals surface area contributed by atoms with E-state index in [2.05, 4.69) is 15.3 Å². The molecule has 0 spiro atoms. The van der Waals surface area contributed by atoms with Crippen LogP contribution in [0.5, 0.6) is 0 Å². The van der Waals surface area contributed by atoms with E-state index in [1.54, 1.807) is 42.7 Å². The quantitative estimate of drug-likeness (QED) is 0.617. The number of carbonyl (C=O) groups excluding carboxylic acids is 1. The highest BCUT2D eigenvalue weighted by Crippen LogP contribution is 2.26. The number of carbonyl (C=O) groups is 1. The molecule has 0 saturated carbocycles. The number of nitrogens with one attached hydrogen (secondary N) is 1. The Kier molecular flexibility index (Phi) is 3.51. The first kappa shape index (κ1) is 14.1. The molecule has 0 aliphatic rings. The Hall–Kier alpha value is -3.47. The molecule has 1 amide bonds. The van der Waals surface area contributed by atoms with E-state index < -0.39 is 0 Å². The summed E-state index contributed by atoms with van der Waals surface area (Å²) in [6.45, 7) is 0. The molecule has 0 unspecified atom stereocenters. The molecule has 24 heavy (non-hydrogen) atoms. The van der Waals surface area contributed by atoms with Gasteiger partial charge in [0.05, 0.1) is 0 Å². The molecule has 0 fully saturated rings. The summed E-state index contributed by atoms with van der Waals surface area (Å²) < 4.78 is 5.77. The molecule has 0 radical (unpaired) electrons. The number of rotatable bonds is 3. The van der Waals surface area contributed by atoms with Crippen molar-refractivity contribution in [2.75, 3.05) is 5.32 Å². The van der Waals surface area contributed by atoms with Gasteiger partial charge in [-0.05, 0) is 42.5 Å². The molecule has 0 aliphatic heterocycles. The fraction of sp³-hybridized carbons (Fsp3) is 0. The molecular weight excluding hydrogens is 302 g/mol. The highest BCUT2D eigenvalue weighted by molar-refractivity contribution is 6.04. The number of fused-ring (bicyclic) bond motifs is 1. The van der Waals surface area contributed by atoms with Gasteiger partial charge >= 0.3 is 0 Å². The molecule has 4 aromatic rings. The molecule has 5 heteroatoms. The topological polar surface area (TPSA) is 68.0 Å². The lowest BCUT2D eigenvalue weighted by molar-refractivity contribution is 0.102. The molecule has 0 saturated heterocycles. The summed E-state index contributed by atoms with van der Waals surface area (Å²) in [6, 6.07) is 18.4. The molecule has 2 aromatic heterocycles. The van der Waals surface area contributed by atoms with Gasteiger partial charge in [0.25, 0.3) is 5.91 Å². The smallest absolute Gasteiger partial charge is 0.255 e. The monoisotopic (exact) mass is 315 g/mol. The van der Waals surface area contributed by atoms with Crippen LogP contribution < -0.4 is 5.32 Å².